The summed E-state index contributed by atoms with van der Waals surface area (Å²) in [6.07, 6.45) is 0. The lowest BCUT2D eigenvalue weighted by Gasteiger charge is -2.18. The molecule has 4 aromatic rings. The second-order valence-electron chi connectivity index (χ2n) is 6.56. The van der Waals surface area contributed by atoms with Gasteiger partial charge >= 0.3 is 17.1 Å². The van der Waals surface area contributed by atoms with Crippen molar-refractivity contribution in [3.05, 3.63) is 113 Å². The van der Waals surface area contributed by atoms with Gasteiger partial charge in [0.05, 0.1) is 17.1 Å². The Balaban J connectivity index is 2.32. The lowest BCUT2D eigenvalue weighted by molar-refractivity contribution is 0.653. The van der Waals surface area contributed by atoms with Crippen LogP contribution in [0.3, 0.4) is 0 Å². The lowest BCUT2D eigenvalue weighted by atomic mass is 10.3. The molecule has 1 heterocycles. The average molecular weight is 831 g/mol. The Hall–Kier alpha value is -1.05. The van der Waals surface area contributed by atoms with Crippen LogP contribution in [0.5, 0.6) is 0 Å². The number of nitrogens with zero attached hydrogens (tertiary/aromatic N) is 3. The van der Waals surface area contributed by atoms with Gasteiger partial charge in [0.15, 0.2) is 0 Å². The van der Waals surface area contributed by atoms with Crippen molar-refractivity contribution in [3.8, 4) is 17.1 Å². The smallest absolute Gasteiger partial charge is 0.246 e. The molecular formula is C21H9Br6N3O3. The van der Waals surface area contributed by atoms with E-state index < -0.39 is 17.1 Å². The first kappa shape index (κ1) is 25.1. The Kier molecular flexibility index (Phi) is 7.52. The van der Waals surface area contributed by atoms with Crippen LogP contribution < -0.4 is 17.1 Å². The van der Waals surface area contributed by atoms with E-state index in [-0.39, 0.29) is 17.1 Å². The van der Waals surface area contributed by atoms with Crippen LogP contribution in [0.25, 0.3) is 17.1 Å². The summed E-state index contributed by atoms with van der Waals surface area (Å²) in [7, 11) is 0. The van der Waals surface area contributed by atoms with E-state index in [9.17, 15) is 14.4 Å². The van der Waals surface area contributed by atoms with E-state index in [0.29, 0.717) is 26.8 Å². The number of para-hydroxylation sites is 3. The van der Waals surface area contributed by atoms with Crippen molar-refractivity contribution in [1.82, 2.24) is 13.7 Å². The minimum Gasteiger partial charge on any atom is -0.246 e. The number of hydrogen-bond donors (Lipinski definition) is 0. The van der Waals surface area contributed by atoms with Crippen LogP contribution in [0.1, 0.15) is 0 Å². The third kappa shape index (κ3) is 4.38. The molecule has 0 N–H and O–H groups in total. The van der Waals surface area contributed by atoms with Crippen LogP contribution in [-0.2, 0) is 0 Å². The Labute approximate surface area is 237 Å². The monoisotopic (exact) mass is 825 g/mol. The summed E-state index contributed by atoms with van der Waals surface area (Å²) in [6, 6.07) is 15.5. The Bertz CT molecular complexity index is 1330. The van der Waals surface area contributed by atoms with Crippen LogP contribution in [0.2, 0.25) is 0 Å². The normalized spacial score (nSPS) is 11.1. The molecule has 12 heteroatoms. The molecule has 0 amide bonds. The number of benzene rings is 3. The van der Waals surface area contributed by atoms with Gasteiger partial charge in [-0.25, -0.2) is 28.1 Å². The Morgan fingerprint density at radius 3 is 0.758 bits per heavy atom. The molecule has 0 spiro atoms. The first-order valence-electron chi connectivity index (χ1n) is 8.99. The average Bonchev–Trinajstić information content (AvgIpc) is 2.74. The van der Waals surface area contributed by atoms with Crippen molar-refractivity contribution in [2.45, 2.75) is 0 Å². The molecule has 33 heavy (non-hydrogen) atoms. The summed E-state index contributed by atoms with van der Waals surface area (Å²) in [5.74, 6) is 0. The lowest BCUT2D eigenvalue weighted by Crippen LogP contribution is -2.53. The summed E-state index contributed by atoms with van der Waals surface area (Å²) in [5.41, 5.74) is -1.69. The van der Waals surface area contributed by atoms with Gasteiger partial charge < -0.3 is 0 Å². The van der Waals surface area contributed by atoms with Crippen molar-refractivity contribution in [2.75, 3.05) is 0 Å². The maximum absolute atomic E-state index is 13.8. The van der Waals surface area contributed by atoms with Gasteiger partial charge in [-0.15, -0.1) is 0 Å². The first-order valence-corrected chi connectivity index (χ1v) is 13.7. The fourth-order valence-electron chi connectivity index (χ4n) is 3.23. The molecular weight excluding hydrogens is 822 g/mol. The van der Waals surface area contributed by atoms with Crippen LogP contribution in [-0.4, -0.2) is 13.7 Å². The second-order valence-corrected chi connectivity index (χ2v) is 11.7. The van der Waals surface area contributed by atoms with Gasteiger partial charge in [0.2, 0.25) is 0 Å². The standard InChI is InChI=1S/C21H9Br6N3O3/c22-10-4-1-5-11(23)16(10)28-19(31)29(17-12(24)6-2-7-13(17)25)21(33)30(20(28)32)18-14(26)8-3-9-15(18)27/h1-9H. The van der Waals surface area contributed by atoms with Crippen LogP contribution >= 0.6 is 95.6 Å². The first-order chi connectivity index (χ1) is 15.6. The van der Waals surface area contributed by atoms with Gasteiger partial charge in [-0.1, -0.05) is 18.2 Å². The molecule has 0 radical (unpaired) electrons. The maximum atomic E-state index is 13.8. The highest BCUT2D eigenvalue weighted by molar-refractivity contribution is 9.12. The van der Waals surface area contributed by atoms with Gasteiger partial charge in [-0.05, 0) is 132 Å². The number of halogens is 6. The van der Waals surface area contributed by atoms with E-state index in [1.165, 1.54) is 0 Å². The molecule has 0 saturated heterocycles. The van der Waals surface area contributed by atoms with E-state index in [2.05, 4.69) is 95.6 Å². The Morgan fingerprint density at radius 2 is 0.576 bits per heavy atom. The van der Waals surface area contributed by atoms with E-state index in [4.69, 9.17) is 0 Å². The molecule has 0 atom stereocenters. The zero-order valence-corrected chi connectivity index (χ0v) is 25.5. The summed E-state index contributed by atoms with van der Waals surface area (Å²) in [5, 5.41) is 0. The van der Waals surface area contributed by atoms with Crippen molar-refractivity contribution >= 4 is 95.6 Å². The predicted octanol–water partition coefficient (Wildman–Crippen LogP) is 6.71. The molecule has 0 aliphatic carbocycles. The zero-order valence-electron chi connectivity index (χ0n) is 16.0. The van der Waals surface area contributed by atoms with E-state index in [1.807, 2.05) is 0 Å². The van der Waals surface area contributed by atoms with Gasteiger partial charge in [0, 0.05) is 26.8 Å². The molecule has 1 aromatic heterocycles. The molecule has 0 aliphatic rings. The van der Waals surface area contributed by atoms with Crippen molar-refractivity contribution in [3.63, 3.8) is 0 Å². The van der Waals surface area contributed by atoms with Crippen LogP contribution in [0.15, 0.2) is 95.8 Å². The van der Waals surface area contributed by atoms with Crippen molar-refractivity contribution in [1.29, 1.82) is 0 Å². The topological polar surface area (TPSA) is 66.0 Å². The second kappa shape index (κ2) is 9.90. The largest absolute Gasteiger partial charge is 0.345 e. The molecule has 0 aliphatic heterocycles. The quantitative estimate of drug-likeness (QED) is 0.231. The highest BCUT2D eigenvalue weighted by Crippen LogP contribution is 2.31. The molecule has 168 valence electrons. The van der Waals surface area contributed by atoms with Crippen LogP contribution in [0, 0.1) is 0 Å². The molecule has 3 aromatic carbocycles. The molecule has 0 saturated carbocycles. The van der Waals surface area contributed by atoms with Crippen LogP contribution in [0.4, 0.5) is 0 Å². The van der Waals surface area contributed by atoms with E-state index >= 15 is 0 Å². The summed E-state index contributed by atoms with van der Waals surface area (Å²) >= 11 is 20.6. The summed E-state index contributed by atoms with van der Waals surface area (Å²) in [4.78, 5) is 41.3. The highest BCUT2D eigenvalue weighted by atomic mass is 79.9. The summed E-state index contributed by atoms with van der Waals surface area (Å²) in [6.45, 7) is 0. The van der Waals surface area contributed by atoms with Gasteiger partial charge in [-0.3, -0.25) is 0 Å². The van der Waals surface area contributed by atoms with Crippen molar-refractivity contribution in [2.24, 2.45) is 0 Å². The molecule has 0 fully saturated rings. The zero-order chi connectivity index (χ0) is 24.0. The van der Waals surface area contributed by atoms with Gasteiger partial charge in [0.1, 0.15) is 0 Å². The summed E-state index contributed by atoms with van der Waals surface area (Å²) < 4.78 is 5.80. The maximum Gasteiger partial charge on any atom is 0.345 e. The molecule has 4 rings (SSSR count). The fourth-order valence-corrected chi connectivity index (χ4v) is 7.29. The molecule has 0 bridgehead atoms. The molecule has 0 unspecified atom stereocenters. The van der Waals surface area contributed by atoms with E-state index in [1.54, 1.807) is 54.6 Å². The predicted molar refractivity (Wildman–Crippen MR) is 149 cm³/mol. The third-order valence-electron chi connectivity index (χ3n) is 4.63. The number of aromatic nitrogens is 3. The third-order valence-corrected chi connectivity index (χ3v) is 8.47. The fraction of sp³-hybridized carbons (Fsp3) is 0. The minimum atomic E-state index is -0.829. The number of rotatable bonds is 3. The van der Waals surface area contributed by atoms with Gasteiger partial charge in [0.25, 0.3) is 0 Å². The molecule has 6 nitrogen and oxygen atoms in total. The van der Waals surface area contributed by atoms with E-state index in [0.717, 1.165) is 13.7 Å². The minimum absolute atomic E-state index is 0.265. The van der Waals surface area contributed by atoms with Gasteiger partial charge in [-0.2, -0.15) is 0 Å². The Morgan fingerprint density at radius 1 is 0.394 bits per heavy atom. The van der Waals surface area contributed by atoms with Crippen molar-refractivity contribution < 1.29 is 0 Å². The SMILES string of the molecule is O=c1n(-c2c(Br)cccc2Br)c(=O)n(-c2c(Br)cccc2Br)c(=O)n1-c1c(Br)cccc1Br. The highest BCUT2D eigenvalue weighted by Gasteiger charge is 2.25. The number of hydrogen-bond acceptors (Lipinski definition) is 3.